The third kappa shape index (κ3) is 5.75. The smallest absolute Gasteiger partial charge is 0.119 e. The van der Waals surface area contributed by atoms with Crippen LogP contribution >= 0.6 is 0 Å². The lowest BCUT2D eigenvalue weighted by Gasteiger charge is -2.26. The molecule has 2 aliphatic rings. The van der Waals surface area contributed by atoms with E-state index in [1.54, 1.807) is 6.07 Å². The average molecular weight is 500 g/mol. The van der Waals surface area contributed by atoms with Crippen molar-refractivity contribution in [2.24, 2.45) is 0 Å². The number of hydrogen-bond donors (Lipinski definition) is 1. The van der Waals surface area contributed by atoms with Gasteiger partial charge in [0.1, 0.15) is 17.6 Å². The number of phenols is 1. The predicted molar refractivity (Wildman–Crippen MR) is 150 cm³/mol. The van der Waals surface area contributed by atoms with Crippen molar-refractivity contribution in [3.8, 4) is 11.5 Å². The molecule has 5 rings (SSSR count). The van der Waals surface area contributed by atoms with Gasteiger partial charge in [0.05, 0.1) is 6.67 Å². The summed E-state index contributed by atoms with van der Waals surface area (Å²) >= 11 is 0. The number of nitrogens with zero attached hydrogens (tertiary/aromatic N) is 1. The van der Waals surface area contributed by atoms with E-state index in [1.165, 1.54) is 27.8 Å². The Morgan fingerprint density at radius 3 is 2.38 bits per heavy atom. The molecule has 1 aliphatic heterocycles. The van der Waals surface area contributed by atoms with Crippen LogP contribution in [0.3, 0.4) is 0 Å². The lowest BCUT2D eigenvalue weighted by molar-refractivity contribution is 0.198. The summed E-state index contributed by atoms with van der Waals surface area (Å²) in [6.07, 6.45) is 3.62. The zero-order chi connectivity index (χ0) is 26.0. The van der Waals surface area contributed by atoms with E-state index in [9.17, 15) is 9.50 Å². The lowest BCUT2D eigenvalue weighted by atomic mass is 9.79. The van der Waals surface area contributed by atoms with Crippen molar-refractivity contribution in [1.29, 1.82) is 0 Å². The van der Waals surface area contributed by atoms with Gasteiger partial charge in [-0.05, 0) is 94.3 Å². The number of benzene rings is 3. The molecule has 0 saturated carbocycles. The Morgan fingerprint density at radius 1 is 0.946 bits per heavy atom. The number of aromatic hydroxyl groups is 1. The van der Waals surface area contributed by atoms with Crippen LogP contribution in [0.15, 0.2) is 66.7 Å². The molecule has 0 aromatic heterocycles. The average Bonchev–Trinajstić information content (AvgIpc) is 3.34. The standard InChI is InChI=1S/C33H38FNO2/c1-33(2,3)26-11-5-23(6-12-26)30-16-10-24-7-13-27(36)21-31(24)32(30)25-8-14-28(15-9-25)37-29-17-20-35(22-29)19-4-18-34/h5-9,11-15,21,29,36H,4,10,16-20,22H2,1-3H3/t29-/m0/s1. The first-order chi connectivity index (χ1) is 17.8. The van der Waals surface area contributed by atoms with Gasteiger partial charge in [-0.3, -0.25) is 9.29 Å². The highest BCUT2D eigenvalue weighted by atomic mass is 19.1. The maximum atomic E-state index is 12.5. The number of allylic oxidation sites excluding steroid dienone is 1. The number of phenolic OH excluding ortho intramolecular Hbond substituents is 1. The van der Waals surface area contributed by atoms with Gasteiger partial charge in [-0.1, -0.05) is 63.2 Å². The summed E-state index contributed by atoms with van der Waals surface area (Å²) in [6.45, 7) is 9.08. The molecule has 1 saturated heterocycles. The molecule has 3 aromatic rings. The lowest BCUT2D eigenvalue weighted by Crippen LogP contribution is -2.26. The van der Waals surface area contributed by atoms with Gasteiger partial charge in [0.2, 0.25) is 0 Å². The van der Waals surface area contributed by atoms with Crippen LogP contribution in [0.1, 0.15) is 67.9 Å². The minimum absolute atomic E-state index is 0.111. The molecule has 3 nitrogen and oxygen atoms in total. The second-order valence-corrected chi connectivity index (χ2v) is 11.4. The first-order valence-corrected chi connectivity index (χ1v) is 13.5. The molecule has 0 spiro atoms. The SMILES string of the molecule is CC(C)(C)c1ccc(C2=C(c3ccc(O[C@H]4CCN(CCCF)C4)cc3)c3cc(O)ccc3CC2)cc1. The number of alkyl halides is 1. The van der Waals surface area contributed by atoms with Crippen molar-refractivity contribution in [2.75, 3.05) is 26.3 Å². The maximum Gasteiger partial charge on any atom is 0.119 e. The minimum atomic E-state index is -0.261. The largest absolute Gasteiger partial charge is 0.508 e. The van der Waals surface area contributed by atoms with E-state index in [4.69, 9.17) is 4.74 Å². The van der Waals surface area contributed by atoms with Crippen LogP contribution in [-0.4, -0.2) is 42.4 Å². The number of ether oxygens (including phenoxy) is 1. The van der Waals surface area contributed by atoms with Crippen molar-refractivity contribution in [3.05, 3.63) is 94.5 Å². The number of likely N-dealkylation sites (tertiary alicyclic amines) is 1. The Bertz CT molecular complexity index is 1250. The van der Waals surface area contributed by atoms with E-state index in [-0.39, 0.29) is 18.2 Å². The molecule has 0 amide bonds. The van der Waals surface area contributed by atoms with Crippen LogP contribution in [0.2, 0.25) is 0 Å². The molecule has 194 valence electrons. The van der Waals surface area contributed by atoms with Gasteiger partial charge in [-0.2, -0.15) is 0 Å². The van der Waals surface area contributed by atoms with Crippen molar-refractivity contribution in [3.63, 3.8) is 0 Å². The first kappa shape index (κ1) is 25.5. The Kier molecular flexibility index (Phi) is 7.39. The van der Waals surface area contributed by atoms with E-state index in [1.807, 2.05) is 6.07 Å². The molecule has 1 N–H and O–H groups in total. The van der Waals surface area contributed by atoms with Gasteiger partial charge in [-0.15, -0.1) is 0 Å². The summed E-state index contributed by atoms with van der Waals surface area (Å²) in [6, 6.07) is 23.1. The fourth-order valence-electron chi connectivity index (χ4n) is 5.62. The molecular formula is C33H38FNO2. The van der Waals surface area contributed by atoms with Crippen molar-refractivity contribution < 1.29 is 14.2 Å². The number of aryl methyl sites for hydroxylation is 1. The maximum absolute atomic E-state index is 12.5. The fraction of sp³-hybridized carbons (Fsp3) is 0.394. The van der Waals surface area contributed by atoms with E-state index < -0.39 is 0 Å². The number of fused-ring (bicyclic) bond motifs is 1. The van der Waals surface area contributed by atoms with Gasteiger partial charge in [-0.25, -0.2) is 0 Å². The monoisotopic (exact) mass is 499 g/mol. The normalized spacial score (nSPS) is 18.2. The summed E-state index contributed by atoms with van der Waals surface area (Å²) in [4.78, 5) is 2.28. The second kappa shape index (κ2) is 10.7. The summed E-state index contributed by atoms with van der Waals surface area (Å²) in [5.41, 5.74) is 8.67. The van der Waals surface area contributed by atoms with Crippen molar-refractivity contribution in [1.82, 2.24) is 4.90 Å². The highest BCUT2D eigenvalue weighted by Gasteiger charge is 2.25. The Labute approximate surface area is 220 Å². The zero-order valence-corrected chi connectivity index (χ0v) is 22.3. The molecule has 0 bridgehead atoms. The van der Waals surface area contributed by atoms with Crippen LogP contribution in [0.5, 0.6) is 11.5 Å². The molecule has 0 unspecified atom stereocenters. The molecule has 4 heteroatoms. The topological polar surface area (TPSA) is 32.7 Å². The second-order valence-electron chi connectivity index (χ2n) is 11.4. The first-order valence-electron chi connectivity index (χ1n) is 13.5. The van der Waals surface area contributed by atoms with Gasteiger partial charge < -0.3 is 9.84 Å². The molecule has 1 fully saturated rings. The summed E-state index contributed by atoms with van der Waals surface area (Å²) < 4.78 is 18.8. The van der Waals surface area contributed by atoms with Gasteiger partial charge in [0.15, 0.2) is 0 Å². The van der Waals surface area contributed by atoms with Crippen molar-refractivity contribution >= 4 is 11.1 Å². The van der Waals surface area contributed by atoms with E-state index in [2.05, 4.69) is 80.3 Å². The van der Waals surface area contributed by atoms with Gasteiger partial charge in [0.25, 0.3) is 0 Å². The summed E-state index contributed by atoms with van der Waals surface area (Å²) in [5.74, 6) is 1.16. The number of hydrogen-bond acceptors (Lipinski definition) is 3. The van der Waals surface area contributed by atoms with E-state index >= 15 is 0 Å². The molecule has 0 radical (unpaired) electrons. The van der Waals surface area contributed by atoms with Crippen LogP contribution < -0.4 is 4.74 Å². The molecular weight excluding hydrogens is 461 g/mol. The zero-order valence-electron chi connectivity index (χ0n) is 22.3. The molecule has 3 aromatic carbocycles. The highest BCUT2D eigenvalue weighted by Crippen LogP contribution is 2.42. The van der Waals surface area contributed by atoms with Crippen molar-refractivity contribution in [2.45, 2.75) is 58.0 Å². The predicted octanol–water partition coefficient (Wildman–Crippen LogP) is 7.41. The van der Waals surface area contributed by atoms with Gasteiger partial charge in [0, 0.05) is 19.6 Å². The number of halogens is 1. The third-order valence-corrected chi connectivity index (χ3v) is 7.69. The van der Waals surface area contributed by atoms with Gasteiger partial charge >= 0.3 is 0 Å². The van der Waals surface area contributed by atoms with Crippen LogP contribution in [0, 0.1) is 0 Å². The van der Waals surface area contributed by atoms with Crippen LogP contribution in [0.25, 0.3) is 11.1 Å². The fourth-order valence-corrected chi connectivity index (χ4v) is 5.62. The molecule has 37 heavy (non-hydrogen) atoms. The minimum Gasteiger partial charge on any atom is -0.508 e. The third-order valence-electron chi connectivity index (χ3n) is 7.69. The number of rotatable bonds is 7. The van der Waals surface area contributed by atoms with Crippen LogP contribution in [-0.2, 0) is 11.8 Å². The highest BCUT2D eigenvalue weighted by molar-refractivity contribution is 6.01. The summed E-state index contributed by atoms with van der Waals surface area (Å²) in [5, 5.41) is 10.3. The molecule has 1 heterocycles. The molecule has 1 aliphatic carbocycles. The Balaban J connectivity index is 1.45. The Hall–Kier alpha value is -3.11. The quantitative estimate of drug-likeness (QED) is 0.367. The molecule has 1 atom stereocenters. The van der Waals surface area contributed by atoms with E-state index in [0.717, 1.165) is 55.8 Å². The summed E-state index contributed by atoms with van der Waals surface area (Å²) in [7, 11) is 0. The van der Waals surface area contributed by atoms with E-state index in [0.29, 0.717) is 12.2 Å². The van der Waals surface area contributed by atoms with Crippen LogP contribution in [0.4, 0.5) is 4.39 Å². The Morgan fingerprint density at radius 2 is 1.68 bits per heavy atom.